The van der Waals surface area contributed by atoms with Crippen molar-refractivity contribution < 1.29 is 4.74 Å². The predicted octanol–water partition coefficient (Wildman–Crippen LogP) is 14.4. The molecule has 1 aromatic heterocycles. The third-order valence-electron chi connectivity index (χ3n) is 9.59. The number of pyridine rings is 1. The maximum absolute atomic E-state index is 6.45. The van der Waals surface area contributed by atoms with E-state index in [-0.39, 0.29) is 0 Å². The smallest absolute Gasteiger partial charge is 0.222 e. The summed E-state index contributed by atoms with van der Waals surface area (Å²) in [6.07, 6.45) is 8.33. The van der Waals surface area contributed by atoms with Crippen molar-refractivity contribution in [1.29, 1.82) is 0 Å². The van der Waals surface area contributed by atoms with Crippen LogP contribution in [0.1, 0.15) is 57.7 Å². The van der Waals surface area contributed by atoms with Crippen LogP contribution in [0.3, 0.4) is 0 Å². The molecule has 6 aromatic rings. The minimum absolute atomic E-state index is 0.625. The number of allylic oxidation sites excluding steroid dienone is 5. The maximum atomic E-state index is 6.45. The molecule has 1 heterocycles. The quantitative estimate of drug-likeness (QED) is 0.0635. The first-order valence-electron chi connectivity index (χ1n) is 19.1. The number of benzene rings is 5. The van der Waals surface area contributed by atoms with Crippen molar-refractivity contribution in [2.24, 2.45) is 4.99 Å². The molecule has 0 fully saturated rings. The Kier molecular flexibility index (Phi) is 12.9. The van der Waals surface area contributed by atoms with Gasteiger partial charge in [0, 0.05) is 57.2 Å². The van der Waals surface area contributed by atoms with Gasteiger partial charge in [-0.05, 0) is 149 Å². The van der Waals surface area contributed by atoms with Crippen LogP contribution in [0, 0.1) is 6.92 Å². The molecule has 0 bridgehead atoms. The number of hydrogen-bond acceptors (Lipinski definition) is 5. The van der Waals surface area contributed by atoms with E-state index >= 15 is 0 Å². The molecule has 0 atom stereocenters. The Bertz CT molecular complexity index is 2350. The Morgan fingerprint density at radius 3 is 1.54 bits per heavy atom. The van der Waals surface area contributed by atoms with Gasteiger partial charge in [0.25, 0.3) is 0 Å². The van der Waals surface area contributed by atoms with Crippen molar-refractivity contribution in [3.63, 3.8) is 0 Å². The van der Waals surface area contributed by atoms with Crippen molar-refractivity contribution in [2.45, 2.75) is 48.0 Å². The number of aliphatic imine (C=N–C) groups is 1. The summed E-state index contributed by atoms with van der Waals surface area (Å²) >= 11 is 0. The predicted molar refractivity (Wildman–Crippen MR) is 238 cm³/mol. The second-order valence-corrected chi connectivity index (χ2v) is 13.8. The van der Waals surface area contributed by atoms with Gasteiger partial charge >= 0.3 is 0 Å². The molecule has 0 aliphatic rings. The molecule has 0 amide bonds. The lowest BCUT2D eigenvalue weighted by atomic mass is 10.1. The molecule has 5 aromatic carbocycles. The van der Waals surface area contributed by atoms with Gasteiger partial charge in [0.1, 0.15) is 5.76 Å². The molecule has 0 N–H and O–H groups in total. The lowest BCUT2D eigenvalue weighted by Crippen LogP contribution is -2.12. The second-order valence-electron chi connectivity index (χ2n) is 13.8. The number of aromatic nitrogens is 1. The Hall–Kier alpha value is -6.72. The molecule has 0 saturated carbocycles. The normalized spacial score (nSPS) is 11.9. The van der Waals surface area contributed by atoms with Crippen molar-refractivity contribution in [3.05, 3.63) is 210 Å². The van der Waals surface area contributed by atoms with Crippen LogP contribution in [0.5, 0.6) is 5.88 Å². The van der Waals surface area contributed by atoms with Gasteiger partial charge in [-0.1, -0.05) is 85.8 Å². The van der Waals surface area contributed by atoms with Crippen LogP contribution in [0.15, 0.2) is 198 Å². The van der Waals surface area contributed by atoms with Crippen LogP contribution in [0.25, 0.3) is 5.76 Å². The molecule has 0 aliphatic heterocycles. The lowest BCUT2D eigenvalue weighted by molar-refractivity contribution is 0.483. The van der Waals surface area contributed by atoms with E-state index in [1.165, 1.54) is 0 Å². The topological polar surface area (TPSA) is 41.0 Å². The molecule has 6 rings (SSSR count). The fraction of sp³-hybridized carbons (Fsp3) is 0.137. The molecule has 280 valence electrons. The highest BCUT2D eigenvalue weighted by atomic mass is 16.5. The van der Waals surface area contributed by atoms with E-state index in [1.54, 1.807) is 12.3 Å². The van der Waals surface area contributed by atoms with Gasteiger partial charge in [0.2, 0.25) is 5.88 Å². The zero-order valence-electron chi connectivity index (χ0n) is 33.3. The highest BCUT2D eigenvalue weighted by Crippen LogP contribution is 2.39. The fourth-order valence-corrected chi connectivity index (χ4v) is 6.36. The third-order valence-corrected chi connectivity index (χ3v) is 9.59. The summed E-state index contributed by atoms with van der Waals surface area (Å²) in [7, 11) is 0. The number of ether oxygens (including phenoxy) is 1. The van der Waals surface area contributed by atoms with Gasteiger partial charge in [0.15, 0.2) is 0 Å². The van der Waals surface area contributed by atoms with Crippen LogP contribution >= 0.6 is 0 Å². The first-order chi connectivity index (χ1) is 27.3. The first-order valence-corrected chi connectivity index (χ1v) is 19.1. The minimum atomic E-state index is 0.625. The number of rotatable bonds is 14. The molecule has 0 unspecified atom stereocenters. The SMILES string of the molecule is C=C/C=C\C(/N=C(\C)c1ccc(N(c2ccccc2)c2ccc(N(c3ccccc3)c3ccc(/C(Oc4ncccc4C)=C(/C)CC)cc3)cc2)cc1)=C(C)C. The Balaban J connectivity index is 1.34. The number of para-hydroxylation sites is 2. The molecule has 0 spiro atoms. The molecule has 5 heteroatoms. The molecular weight excluding hydrogens is 685 g/mol. The van der Waals surface area contributed by atoms with E-state index < -0.39 is 0 Å². The zero-order valence-corrected chi connectivity index (χ0v) is 33.3. The summed E-state index contributed by atoms with van der Waals surface area (Å²) in [5, 5.41) is 0. The number of nitrogens with zero attached hydrogens (tertiary/aromatic N) is 4. The first kappa shape index (κ1) is 39.0. The Morgan fingerprint density at radius 2 is 1.09 bits per heavy atom. The standard InChI is InChI=1S/C51H50N4O/c1-8-10-23-49(37(3)4)53-40(7)41-24-28-45(29-25-41)54(43-19-13-11-14-20-43)47-32-34-48(35-33-47)55(44-21-15-12-16-22-44)46-30-26-42(27-31-46)50(38(5)9-2)56-51-39(6)18-17-36-52-51/h8,10-36H,1,9H2,2-7H3/b23-10-,50-38+,53-40+. The van der Waals surface area contributed by atoms with E-state index in [0.29, 0.717) is 5.88 Å². The van der Waals surface area contributed by atoms with Crippen molar-refractivity contribution in [2.75, 3.05) is 9.80 Å². The summed E-state index contributed by atoms with van der Waals surface area (Å²) in [5.74, 6) is 1.46. The van der Waals surface area contributed by atoms with Gasteiger partial charge < -0.3 is 14.5 Å². The average Bonchev–Trinajstić information content (AvgIpc) is 3.23. The minimum Gasteiger partial charge on any atom is -0.438 e. The fourth-order valence-electron chi connectivity index (χ4n) is 6.36. The summed E-state index contributed by atoms with van der Waals surface area (Å²) < 4.78 is 6.45. The maximum Gasteiger partial charge on any atom is 0.222 e. The van der Waals surface area contributed by atoms with Crippen LogP contribution in [-0.4, -0.2) is 10.7 Å². The van der Waals surface area contributed by atoms with Crippen LogP contribution < -0.4 is 14.5 Å². The van der Waals surface area contributed by atoms with Crippen LogP contribution in [0.4, 0.5) is 34.1 Å². The summed E-state index contributed by atoms with van der Waals surface area (Å²) in [4.78, 5) is 14.0. The van der Waals surface area contributed by atoms with Gasteiger partial charge in [-0.2, -0.15) is 0 Å². The van der Waals surface area contributed by atoms with E-state index in [2.05, 4.69) is 177 Å². The zero-order chi connectivity index (χ0) is 39.4. The molecule has 56 heavy (non-hydrogen) atoms. The molecule has 5 nitrogen and oxygen atoms in total. The van der Waals surface area contributed by atoms with Gasteiger partial charge in [-0.25, -0.2) is 4.98 Å². The molecule has 0 radical (unpaired) electrons. The highest BCUT2D eigenvalue weighted by Gasteiger charge is 2.18. The van der Waals surface area contributed by atoms with Gasteiger partial charge in [-0.15, -0.1) is 0 Å². The molecular formula is C51H50N4O. The summed E-state index contributed by atoms with van der Waals surface area (Å²) in [6.45, 7) is 16.3. The largest absolute Gasteiger partial charge is 0.438 e. The van der Waals surface area contributed by atoms with Gasteiger partial charge in [-0.3, -0.25) is 4.99 Å². The summed E-state index contributed by atoms with van der Waals surface area (Å²) in [6, 6.07) is 50.9. The van der Waals surface area contributed by atoms with Crippen molar-refractivity contribution in [1.82, 2.24) is 4.98 Å². The van der Waals surface area contributed by atoms with E-state index in [0.717, 1.165) is 85.5 Å². The number of aryl methyl sites for hydroxylation is 1. The second kappa shape index (κ2) is 18.5. The monoisotopic (exact) mass is 734 g/mol. The van der Waals surface area contributed by atoms with Crippen LogP contribution in [0.2, 0.25) is 0 Å². The highest BCUT2D eigenvalue weighted by molar-refractivity contribution is 6.00. The average molecular weight is 735 g/mol. The molecule has 0 saturated heterocycles. The third kappa shape index (κ3) is 9.31. The summed E-state index contributed by atoms with van der Waals surface area (Å²) in [5.41, 5.74) is 13.6. The van der Waals surface area contributed by atoms with Crippen LogP contribution in [-0.2, 0) is 0 Å². The van der Waals surface area contributed by atoms with E-state index in [4.69, 9.17) is 9.73 Å². The van der Waals surface area contributed by atoms with Crippen molar-refractivity contribution in [3.8, 4) is 5.88 Å². The number of hydrogen-bond donors (Lipinski definition) is 0. The van der Waals surface area contributed by atoms with Gasteiger partial charge in [0.05, 0.1) is 5.70 Å². The van der Waals surface area contributed by atoms with Crippen molar-refractivity contribution >= 4 is 45.6 Å². The van der Waals surface area contributed by atoms with E-state index in [1.807, 2.05) is 43.3 Å². The number of anilines is 6. The Morgan fingerprint density at radius 1 is 0.625 bits per heavy atom. The van der Waals surface area contributed by atoms with E-state index in [9.17, 15) is 0 Å². The Labute approximate surface area is 333 Å². The molecule has 0 aliphatic carbocycles. The lowest BCUT2D eigenvalue weighted by Gasteiger charge is -2.28.